The normalized spacial score (nSPS) is 9.08. The fourth-order valence-electron chi connectivity index (χ4n) is 0.653. The summed E-state index contributed by atoms with van der Waals surface area (Å²) in [6, 6.07) is 1.52. The van der Waals surface area contributed by atoms with Crippen LogP contribution in [-0.4, -0.2) is 25.2 Å². The molecule has 0 rings (SSSR count). The average Bonchev–Trinajstić information content (AvgIpc) is 2.06. The van der Waals surface area contributed by atoms with Gasteiger partial charge in [-0.1, -0.05) is 0 Å². The largest absolute Gasteiger partial charge is 0.465 e. The molecular weight excluding hydrogens is 174 g/mol. The van der Waals surface area contributed by atoms with Gasteiger partial charge in [-0.2, -0.15) is 5.26 Å². The Morgan fingerprint density at radius 3 is 1.85 bits per heavy atom. The van der Waals surface area contributed by atoms with Crippen molar-refractivity contribution in [3.05, 3.63) is 0 Å². The fourth-order valence-corrected chi connectivity index (χ4v) is 0.653. The first-order valence-corrected chi connectivity index (χ1v) is 3.90. The van der Waals surface area contributed by atoms with E-state index in [9.17, 15) is 9.59 Å². The van der Waals surface area contributed by atoms with Gasteiger partial charge in [-0.25, -0.2) is 9.59 Å². The minimum atomic E-state index is -1.46. The first kappa shape index (κ1) is 11.4. The molecule has 0 amide bonds. The molecule has 0 aromatic heterocycles. The third-order valence-electron chi connectivity index (χ3n) is 1.17. The maximum Gasteiger partial charge on any atom is 0.334 e. The summed E-state index contributed by atoms with van der Waals surface area (Å²) in [5.74, 6) is -3.17. The van der Waals surface area contributed by atoms with Gasteiger partial charge >= 0.3 is 11.9 Å². The van der Waals surface area contributed by atoms with E-state index in [1.807, 2.05) is 0 Å². The zero-order valence-electron chi connectivity index (χ0n) is 7.57. The molecule has 0 aromatic rings. The zero-order valence-corrected chi connectivity index (χ0v) is 7.57. The molecule has 0 N–H and O–H groups in total. The lowest BCUT2D eigenvalue weighted by Crippen LogP contribution is -2.26. The second-order valence-corrected chi connectivity index (χ2v) is 2.07. The van der Waals surface area contributed by atoms with E-state index in [1.54, 1.807) is 13.8 Å². The number of nitriles is 1. The summed E-state index contributed by atoms with van der Waals surface area (Å²) in [5, 5.41) is 8.47. The van der Waals surface area contributed by atoms with Crippen molar-refractivity contribution in [2.75, 3.05) is 13.2 Å². The van der Waals surface area contributed by atoms with Crippen LogP contribution < -0.4 is 0 Å². The van der Waals surface area contributed by atoms with Crippen molar-refractivity contribution in [3.8, 4) is 6.07 Å². The fraction of sp³-hybridized carbons (Fsp3) is 0.625. The van der Waals surface area contributed by atoms with Crippen molar-refractivity contribution in [3.63, 3.8) is 0 Å². The van der Waals surface area contributed by atoms with Crippen LogP contribution in [0.4, 0.5) is 0 Å². The standard InChI is InChI=1S/C8H11NO4/c1-3-12-7(10)6(5-9)8(11)13-4-2/h6H,3-4H2,1-2H3. The van der Waals surface area contributed by atoms with E-state index < -0.39 is 17.9 Å². The minimum Gasteiger partial charge on any atom is -0.465 e. The van der Waals surface area contributed by atoms with Crippen LogP contribution in [0.3, 0.4) is 0 Å². The number of carbonyl (C=O) groups is 2. The van der Waals surface area contributed by atoms with Crippen LogP contribution in [-0.2, 0) is 19.1 Å². The first-order chi connectivity index (χ1) is 6.17. The summed E-state index contributed by atoms with van der Waals surface area (Å²) in [7, 11) is 0. The highest BCUT2D eigenvalue weighted by molar-refractivity contribution is 5.97. The summed E-state index contributed by atoms with van der Waals surface area (Å²) in [6.07, 6.45) is 0. The minimum absolute atomic E-state index is 0.135. The Morgan fingerprint density at radius 2 is 1.62 bits per heavy atom. The van der Waals surface area contributed by atoms with Crippen LogP contribution >= 0.6 is 0 Å². The van der Waals surface area contributed by atoms with Gasteiger partial charge in [0.25, 0.3) is 0 Å². The third kappa shape index (κ3) is 3.56. The second kappa shape index (κ2) is 6.00. The van der Waals surface area contributed by atoms with Gasteiger partial charge in [0.2, 0.25) is 5.92 Å². The maximum absolute atomic E-state index is 10.9. The number of carbonyl (C=O) groups excluding carboxylic acids is 2. The maximum atomic E-state index is 10.9. The van der Waals surface area contributed by atoms with Crippen molar-refractivity contribution in [1.29, 1.82) is 5.26 Å². The molecule has 0 saturated carbocycles. The molecule has 0 atom stereocenters. The summed E-state index contributed by atoms with van der Waals surface area (Å²) in [4.78, 5) is 21.9. The lowest BCUT2D eigenvalue weighted by Gasteiger charge is -2.06. The molecule has 0 aliphatic rings. The number of hydrogen-bond acceptors (Lipinski definition) is 5. The van der Waals surface area contributed by atoms with Gasteiger partial charge in [-0.15, -0.1) is 0 Å². The summed E-state index contributed by atoms with van der Waals surface area (Å²) in [6.45, 7) is 3.46. The highest BCUT2D eigenvalue weighted by Gasteiger charge is 2.28. The molecule has 0 aliphatic heterocycles. The van der Waals surface area contributed by atoms with Crippen LogP contribution in [0, 0.1) is 17.2 Å². The Hall–Kier alpha value is -1.57. The van der Waals surface area contributed by atoms with Crippen molar-refractivity contribution >= 4 is 11.9 Å². The van der Waals surface area contributed by atoms with Crippen LogP contribution in [0.2, 0.25) is 0 Å². The SMILES string of the molecule is CCOC(=O)C(C#N)C(=O)OCC. The van der Waals surface area contributed by atoms with Crippen LogP contribution in [0.1, 0.15) is 13.8 Å². The monoisotopic (exact) mass is 185 g/mol. The second-order valence-electron chi connectivity index (χ2n) is 2.07. The van der Waals surface area contributed by atoms with Gasteiger partial charge in [0.15, 0.2) is 0 Å². The van der Waals surface area contributed by atoms with Crippen molar-refractivity contribution in [1.82, 2.24) is 0 Å². The molecule has 72 valence electrons. The number of esters is 2. The molecule has 0 unspecified atom stereocenters. The molecule has 0 fully saturated rings. The molecule has 0 spiro atoms. The van der Waals surface area contributed by atoms with Crippen molar-refractivity contribution in [2.24, 2.45) is 5.92 Å². The number of nitrogens with zero attached hydrogens (tertiary/aromatic N) is 1. The number of hydrogen-bond donors (Lipinski definition) is 0. The molecule has 0 aliphatic carbocycles. The zero-order chi connectivity index (χ0) is 10.3. The molecule has 0 aromatic carbocycles. The van der Waals surface area contributed by atoms with E-state index in [4.69, 9.17) is 5.26 Å². The topological polar surface area (TPSA) is 76.4 Å². The summed E-state index contributed by atoms with van der Waals surface area (Å²) in [5.41, 5.74) is 0. The van der Waals surface area contributed by atoms with Gasteiger partial charge < -0.3 is 9.47 Å². The highest BCUT2D eigenvalue weighted by atomic mass is 16.6. The van der Waals surface area contributed by atoms with Gasteiger partial charge in [-0.05, 0) is 13.8 Å². The first-order valence-electron chi connectivity index (χ1n) is 3.90. The van der Waals surface area contributed by atoms with E-state index in [-0.39, 0.29) is 13.2 Å². The number of ether oxygens (including phenoxy) is 2. The molecule has 0 saturated heterocycles. The quantitative estimate of drug-likeness (QED) is 0.463. The van der Waals surface area contributed by atoms with E-state index in [0.717, 1.165) is 0 Å². The van der Waals surface area contributed by atoms with Crippen molar-refractivity contribution in [2.45, 2.75) is 13.8 Å². The lowest BCUT2D eigenvalue weighted by molar-refractivity contribution is -0.158. The van der Waals surface area contributed by atoms with Gasteiger partial charge in [0.05, 0.1) is 19.3 Å². The molecule has 0 radical (unpaired) electrons. The van der Waals surface area contributed by atoms with Crippen LogP contribution in [0.15, 0.2) is 0 Å². The van der Waals surface area contributed by atoms with Gasteiger partial charge in [0, 0.05) is 0 Å². The number of rotatable bonds is 4. The Kier molecular flexibility index (Phi) is 5.28. The average molecular weight is 185 g/mol. The van der Waals surface area contributed by atoms with E-state index in [2.05, 4.69) is 9.47 Å². The Balaban J connectivity index is 4.26. The molecule has 0 heterocycles. The molecule has 13 heavy (non-hydrogen) atoms. The smallest absolute Gasteiger partial charge is 0.334 e. The van der Waals surface area contributed by atoms with Crippen LogP contribution in [0.5, 0.6) is 0 Å². The lowest BCUT2D eigenvalue weighted by atomic mass is 10.2. The third-order valence-corrected chi connectivity index (χ3v) is 1.17. The summed E-state index contributed by atoms with van der Waals surface area (Å²) < 4.78 is 9.00. The Bertz CT molecular complexity index is 213. The highest BCUT2D eigenvalue weighted by Crippen LogP contribution is 2.01. The molecular formula is C8H11NO4. The van der Waals surface area contributed by atoms with Gasteiger partial charge in [0.1, 0.15) is 0 Å². The van der Waals surface area contributed by atoms with Gasteiger partial charge in [-0.3, -0.25) is 0 Å². The molecule has 5 heteroatoms. The van der Waals surface area contributed by atoms with E-state index in [1.165, 1.54) is 6.07 Å². The predicted octanol–water partition coefficient (Wildman–Crippen LogP) is 0.252. The van der Waals surface area contributed by atoms with Crippen molar-refractivity contribution < 1.29 is 19.1 Å². The Labute approximate surface area is 76.2 Å². The molecule has 5 nitrogen and oxygen atoms in total. The van der Waals surface area contributed by atoms with E-state index >= 15 is 0 Å². The summed E-state index contributed by atoms with van der Waals surface area (Å²) >= 11 is 0. The van der Waals surface area contributed by atoms with Crippen LogP contribution in [0.25, 0.3) is 0 Å². The van der Waals surface area contributed by atoms with E-state index in [0.29, 0.717) is 0 Å². The predicted molar refractivity (Wildman–Crippen MR) is 42.4 cm³/mol. The molecule has 0 bridgehead atoms. The Morgan fingerprint density at radius 1 is 1.23 bits per heavy atom.